The summed E-state index contributed by atoms with van der Waals surface area (Å²) in [6.45, 7) is 0.937. The fourth-order valence-electron chi connectivity index (χ4n) is 3.38. The minimum atomic E-state index is -3.56. The molecule has 27 heavy (non-hydrogen) atoms. The molecule has 0 aliphatic carbocycles. The van der Waals surface area contributed by atoms with Crippen LogP contribution < -0.4 is 15.4 Å². The number of pyridine rings is 1. The SMILES string of the molecule is NS(=O)(=O)Cc1cccc(Nc2cc(N3CCc4ccccc43)ccn2)c1. The second kappa shape index (κ2) is 7.02. The molecule has 2 aromatic carbocycles. The number of hydrogen-bond acceptors (Lipinski definition) is 5. The van der Waals surface area contributed by atoms with Crippen LogP contribution in [-0.4, -0.2) is 19.9 Å². The van der Waals surface area contributed by atoms with Crippen molar-refractivity contribution >= 4 is 32.9 Å². The van der Waals surface area contributed by atoms with Gasteiger partial charge in [-0.05, 0) is 41.8 Å². The van der Waals surface area contributed by atoms with Gasteiger partial charge in [0.1, 0.15) is 5.82 Å². The van der Waals surface area contributed by atoms with Crippen LogP contribution in [0.5, 0.6) is 0 Å². The van der Waals surface area contributed by atoms with Gasteiger partial charge in [0.05, 0.1) is 5.75 Å². The highest BCUT2D eigenvalue weighted by molar-refractivity contribution is 7.88. The molecule has 0 radical (unpaired) electrons. The van der Waals surface area contributed by atoms with Crippen molar-refractivity contribution in [1.29, 1.82) is 0 Å². The van der Waals surface area contributed by atoms with Gasteiger partial charge in [0, 0.05) is 35.9 Å². The molecule has 0 unspecified atom stereocenters. The highest BCUT2D eigenvalue weighted by atomic mass is 32.2. The monoisotopic (exact) mass is 380 g/mol. The lowest BCUT2D eigenvalue weighted by Gasteiger charge is -2.20. The van der Waals surface area contributed by atoms with E-state index < -0.39 is 10.0 Å². The molecule has 0 saturated carbocycles. The Hall–Kier alpha value is -2.90. The Labute approximate surface area is 158 Å². The number of anilines is 4. The number of hydrogen-bond donors (Lipinski definition) is 2. The Kier molecular flexibility index (Phi) is 4.55. The van der Waals surface area contributed by atoms with Gasteiger partial charge in [-0.2, -0.15) is 0 Å². The number of benzene rings is 2. The smallest absolute Gasteiger partial charge is 0.213 e. The maximum Gasteiger partial charge on any atom is 0.213 e. The van der Waals surface area contributed by atoms with Gasteiger partial charge in [-0.15, -0.1) is 0 Å². The fraction of sp³-hybridized carbons (Fsp3) is 0.150. The van der Waals surface area contributed by atoms with E-state index in [1.165, 1.54) is 11.3 Å². The van der Waals surface area contributed by atoms with Crippen molar-refractivity contribution in [3.63, 3.8) is 0 Å². The van der Waals surface area contributed by atoms with Crippen molar-refractivity contribution in [1.82, 2.24) is 4.98 Å². The number of primary sulfonamides is 1. The van der Waals surface area contributed by atoms with Crippen molar-refractivity contribution in [2.75, 3.05) is 16.8 Å². The highest BCUT2D eigenvalue weighted by Gasteiger charge is 2.20. The molecule has 1 aromatic heterocycles. The summed E-state index contributed by atoms with van der Waals surface area (Å²) < 4.78 is 22.6. The molecular formula is C20H20N4O2S. The van der Waals surface area contributed by atoms with Gasteiger partial charge in [0.15, 0.2) is 0 Å². The van der Waals surface area contributed by atoms with E-state index in [2.05, 4.69) is 39.5 Å². The summed E-state index contributed by atoms with van der Waals surface area (Å²) in [5.74, 6) is 0.505. The molecule has 0 spiro atoms. The maximum atomic E-state index is 11.3. The zero-order valence-corrected chi connectivity index (χ0v) is 15.5. The van der Waals surface area contributed by atoms with E-state index in [9.17, 15) is 8.42 Å². The number of nitrogens with two attached hydrogens (primary N) is 1. The third-order valence-electron chi connectivity index (χ3n) is 4.51. The molecule has 2 heterocycles. The number of rotatable bonds is 5. The number of para-hydroxylation sites is 1. The summed E-state index contributed by atoms with van der Waals surface area (Å²) in [7, 11) is -3.56. The summed E-state index contributed by atoms with van der Waals surface area (Å²) in [6, 6.07) is 19.6. The van der Waals surface area contributed by atoms with Crippen LogP contribution >= 0.6 is 0 Å². The van der Waals surface area contributed by atoms with Gasteiger partial charge >= 0.3 is 0 Å². The summed E-state index contributed by atoms with van der Waals surface area (Å²) in [6.07, 6.45) is 2.80. The van der Waals surface area contributed by atoms with Crippen LogP contribution in [0.1, 0.15) is 11.1 Å². The maximum absolute atomic E-state index is 11.3. The first-order valence-corrected chi connectivity index (χ1v) is 10.4. The van der Waals surface area contributed by atoms with E-state index in [0.29, 0.717) is 11.4 Å². The van der Waals surface area contributed by atoms with Crippen LogP contribution in [0.3, 0.4) is 0 Å². The Balaban J connectivity index is 1.57. The lowest BCUT2D eigenvalue weighted by molar-refractivity contribution is 0.597. The van der Waals surface area contributed by atoms with Gasteiger partial charge in [0.2, 0.25) is 10.0 Å². The normalized spacial score (nSPS) is 13.4. The van der Waals surface area contributed by atoms with E-state index in [4.69, 9.17) is 5.14 Å². The predicted molar refractivity (Wildman–Crippen MR) is 108 cm³/mol. The number of nitrogens with zero attached hydrogens (tertiary/aromatic N) is 2. The quantitative estimate of drug-likeness (QED) is 0.709. The standard InChI is InChI=1S/C20H20N4O2S/c21-27(25,26)14-15-4-3-6-17(12-15)23-20-13-18(8-10-22-20)24-11-9-16-5-1-2-7-19(16)24/h1-8,10,12-13H,9,11,14H2,(H,22,23)(H2,21,25,26). The number of fused-ring (bicyclic) bond motifs is 1. The summed E-state index contributed by atoms with van der Waals surface area (Å²) in [5, 5.41) is 8.38. The Morgan fingerprint density at radius 3 is 2.78 bits per heavy atom. The molecule has 3 aromatic rings. The molecule has 0 atom stereocenters. The lowest BCUT2D eigenvalue weighted by atomic mass is 10.2. The van der Waals surface area contributed by atoms with E-state index in [-0.39, 0.29) is 5.75 Å². The molecule has 7 heteroatoms. The number of nitrogens with one attached hydrogen (secondary N) is 1. The molecule has 0 fully saturated rings. The van der Waals surface area contributed by atoms with Gasteiger partial charge in [-0.25, -0.2) is 18.5 Å². The molecular weight excluding hydrogens is 360 g/mol. The third kappa shape index (κ3) is 4.10. The van der Waals surface area contributed by atoms with Gasteiger partial charge in [-0.3, -0.25) is 0 Å². The Morgan fingerprint density at radius 2 is 1.93 bits per heavy atom. The van der Waals surface area contributed by atoms with E-state index >= 15 is 0 Å². The molecule has 1 aliphatic heterocycles. The fourth-order valence-corrected chi connectivity index (χ4v) is 4.03. The summed E-state index contributed by atoms with van der Waals surface area (Å²) >= 11 is 0. The first-order chi connectivity index (χ1) is 13.0. The molecule has 0 amide bonds. The zero-order chi connectivity index (χ0) is 18.9. The molecule has 0 bridgehead atoms. The average molecular weight is 380 g/mol. The summed E-state index contributed by atoms with van der Waals surface area (Å²) in [4.78, 5) is 6.66. The number of aromatic nitrogens is 1. The van der Waals surface area contributed by atoms with Gasteiger partial charge in [-0.1, -0.05) is 30.3 Å². The predicted octanol–water partition coefficient (Wildman–Crippen LogP) is 3.31. The molecule has 3 N–H and O–H groups in total. The second-order valence-electron chi connectivity index (χ2n) is 6.56. The van der Waals surface area contributed by atoms with E-state index in [1.807, 2.05) is 18.2 Å². The van der Waals surface area contributed by atoms with E-state index in [1.54, 1.807) is 24.4 Å². The van der Waals surface area contributed by atoms with Gasteiger partial charge < -0.3 is 10.2 Å². The summed E-state index contributed by atoms with van der Waals surface area (Å²) in [5.41, 5.74) is 5.04. The lowest BCUT2D eigenvalue weighted by Crippen LogP contribution is -2.14. The van der Waals surface area contributed by atoms with Crippen LogP contribution in [0.15, 0.2) is 66.9 Å². The van der Waals surface area contributed by atoms with Crippen LogP contribution in [-0.2, 0) is 22.2 Å². The minimum absolute atomic E-state index is 0.194. The molecule has 0 saturated heterocycles. The van der Waals surface area contributed by atoms with E-state index in [0.717, 1.165) is 24.3 Å². The molecule has 1 aliphatic rings. The Morgan fingerprint density at radius 1 is 1.07 bits per heavy atom. The second-order valence-corrected chi connectivity index (χ2v) is 8.18. The van der Waals surface area contributed by atoms with Crippen molar-refractivity contribution in [3.8, 4) is 0 Å². The molecule has 6 nitrogen and oxygen atoms in total. The third-order valence-corrected chi connectivity index (χ3v) is 5.25. The first kappa shape index (κ1) is 17.5. The van der Waals surface area contributed by atoms with Crippen molar-refractivity contribution in [3.05, 3.63) is 78.0 Å². The van der Waals surface area contributed by atoms with Crippen molar-refractivity contribution in [2.24, 2.45) is 5.14 Å². The van der Waals surface area contributed by atoms with Crippen LogP contribution in [0.2, 0.25) is 0 Å². The highest BCUT2D eigenvalue weighted by Crippen LogP contribution is 2.35. The van der Waals surface area contributed by atoms with Gasteiger partial charge in [0.25, 0.3) is 0 Å². The largest absolute Gasteiger partial charge is 0.341 e. The number of sulfonamides is 1. The van der Waals surface area contributed by atoms with Crippen LogP contribution in [0, 0.1) is 0 Å². The Bertz CT molecular complexity index is 1080. The molecule has 4 rings (SSSR count). The van der Waals surface area contributed by atoms with Crippen molar-refractivity contribution in [2.45, 2.75) is 12.2 Å². The average Bonchev–Trinajstić information content (AvgIpc) is 3.05. The minimum Gasteiger partial charge on any atom is -0.341 e. The van der Waals surface area contributed by atoms with Crippen LogP contribution in [0.25, 0.3) is 0 Å². The van der Waals surface area contributed by atoms with Crippen molar-refractivity contribution < 1.29 is 8.42 Å². The zero-order valence-electron chi connectivity index (χ0n) is 14.7. The first-order valence-electron chi connectivity index (χ1n) is 8.66. The topological polar surface area (TPSA) is 88.3 Å². The molecule has 138 valence electrons. The van der Waals surface area contributed by atoms with Crippen LogP contribution in [0.4, 0.5) is 22.9 Å².